The molecule has 0 spiro atoms. The van der Waals surface area contributed by atoms with E-state index in [9.17, 15) is 9.59 Å². The van der Waals surface area contributed by atoms with Crippen LogP contribution >= 0.6 is 0 Å². The summed E-state index contributed by atoms with van der Waals surface area (Å²) in [5.41, 5.74) is 1.87. The SMILES string of the molecule is CC1=NN(C(=O)C(C)C)C(=O)/C1=C/C=C1/Oc2ccccc2N1C. The first-order valence-corrected chi connectivity index (χ1v) is 7.76. The molecule has 0 saturated heterocycles. The average molecular weight is 325 g/mol. The predicted molar refractivity (Wildman–Crippen MR) is 91.4 cm³/mol. The number of fused-ring (bicyclic) bond motifs is 1. The number of anilines is 1. The molecule has 0 aliphatic carbocycles. The molecule has 2 aliphatic heterocycles. The number of amides is 2. The second kappa shape index (κ2) is 5.96. The second-order valence-electron chi connectivity index (χ2n) is 6.01. The van der Waals surface area contributed by atoms with Gasteiger partial charge in [0, 0.05) is 13.0 Å². The molecule has 124 valence electrons. The zero-order chi connectivity index (χ0) is 17.4. The number of carbonyl (C=O) groups is 2. The second-order valence-corrected chi connectivity index (χ2v) is 6.01. The van der Waals surface area contributed by atoms with E-state index >= 15 is 0 Å². The molecule has 0 saturated carbocycles. The lowest BCUT2D eigenvalue weighted by molar-refractivity contribution is -0.143. The van der Waals surface area contributed by atoms with Gasteiger partial charge >= 0.3 is 0 Å². The van der Waals surface area contributed by atoms with Crippen LogP contribution in [0, 0.1) is 5.92 Å². The van der Waals surface area contributed by atoms with Crippen molar-refractivity contribution in [1.82, 2.24) is 5.01 Å². The number of para-hydroxylation sites is 2. The van der Waals surface area contributed by atoms with E-state index in [1.54, 1.807) is 32.9 Å². The summed E-state index contributed by atoms with van der Waals surface area (Å²) in [4.78, 5) is 26.3. The molecule has 0 unspecified atom stereocenters. The van der Waals surface area contributed by atoms with Gasteiger partial charge in [0.2, 0.25) is 0 Å². The number of benzene rings is 1. The van der Waals surface area contributed by atoms with Gasteiger partial charge in [-0.05, 0) is 31.2 Å². The summed E-state index contributed by atoms with van der Waals surface area (Å²) in [5, 5.41) is 5.02. The van der Waals surface area contributed by atoms with E-state index in [1.165, 1.54) is 0 Å². The van der Waals surface area contributed by atoms with Crippen molar-refractivity contribution in [2.24, 2.45) is 11.0 Å². The number of ether oxygens (including phenoxy) is 1. The van der Waals surface area contributed by atoms with Gasteiger partial charge in [-0.2, -0.15) is 10.1 Å². The van der Waals surface area contributed by atoms with Crippen molar-refractivity contribution in [2.45, 2.75) is 20.8 Å². The van der Waals surface area contributed by atoms with Gasteiger partial charge in [-0.1, -0.05) is 26.0 Å². The van der Waals surface area contributed by atoms with Crippen LogP contribution in [0.1, 0.15) is 20.8 Å². The number of rotatable bonds is 2. The summed E-state index contributed by atoms with van der Waals surface area (Å²) in [7, 11) is 1.89. The Morgan fingerprint density at radius 1 is 1.25 bits per heavy atom. The van der Waals surface area contributed by atoms with E-state index in [4.69, 9.17) is 4.74 Å². The van der Waals surface area contributed by atoms with Crippen LogP contribution in [-0.2, 0) is 9.59 Å². The van der Waals surface area contributed by atoms with E-state index in [-0.39, 0.29) is 11.8 Å². The summed E-state index contributed by atoms with van der Waals surface area (Å²) in [5.74, 6) is 0.377. The fourth-order valence-corrected chi connectivity index (χ4v) is 2.52. The lowest BCUT2D eigenvalue weighted by Gasteiger charge is -2.12. The van der Waals surface area contributed by atoms with Crippen LogP contribution in [0.5, 0.6) is 5.75 Å². The summed E-state index contributed by atoms with van der Waals surface area (Å²) in [6.45, 7) is 5.19. The molecule has 24 heavy (non-hydrogen) atoms. The van der Waals surface area contributed by atoms with Gasteiger partial charge in [-0.25, -0.2) is 0 Å². The van der Waals surface area contributed by atoms with Crippen molar-refractivity contribution in [2.75, 3.05) is 11.9 Å². The molecule has 1 aromatic rings. The lowest BCUT2D eigenvalue weighted by Crippen LogP contribution is -2.32. The van der Waals surface area contributed by atoms with Gasteiger partial charge in [0.05, 0.1) is 17.0 Å². The molecule has 2 heterocycles. The normalized spacial score (nSPS) is 20.0. The number of hydrogen-bond donors (Lipinski definition) is 0. The first-order chi connectivity index (χ1) is 11.4. The van der Waals surface area contributed by atoms with Gasteiger partial charge < -0.3 is 9.64 Å². The van der Waals surface area contributed by atoms with Crippen molar-refractivity contribution >= 4 is 23.2 Å². The number of carbonyl (C=O) groups excluding carboxylic acids is 2. The highest BCUT2D eigenvalue weighted by atomic mass is 16.5. The molecule has 0 bridgehead atoms. The molecule has 0 N–H and O–H groups in total. The van der Waals surface area contributed by atoms with Gasteiger partial charge in [0.15, 0.2) is 11.6 Å². The van der Waals surface area contributed by atoms with E-state index in [0.29, 0.717) is 17.2 Å². The molecule has 6 nitrogen and oxygen atoms in total. The zero-order valence-electron chi connectivity index (χ0n) is 14.1. The van der Waals surface area contributed by atoms with Gasteiger partial charge in [0.1, 0.15) is 0 Å². The molecule has 0 fully saturated rings. The maximum atomic E-state index is 12.4. The summed E-state index contributed by atoms with van der Waals surface area (Å²) in [6.07, 6.45) is 3.36. The maximum absolute atomic E-state index is 12.4. The lowest BCUT2D eigenvalue weighted by atomic mass is 10.1. The Morgan fingerprint density at radius 3 is 2.62 bits per heavy atom. The average Bonchev–Trinajstić information content (AvgIpc) is 3.02. The van der Waals surface area contributed by atoms with Crippen molar-refractivity contribution in [1.29, 1.82) is 0 Å². The number of hydrazone groups is 1. The third kappa shape index (κ3) is 2.60. The van der Waals surface area contributed by atoms with E-state index in [1.807, 2.05) is 36.2 Å². The van der Waals surface area contributed by atoms with E-state index in [2.05, 4.69) is 5.10 Å². The quantitative estimate of drug-likeness (QED) is 0.784. The van der Waals surface area contributed by atoms with E-state index in [0.717, 1.165) is 16.4 Å². The Morgan fingerprint density at radius 2 is 1.96 bits per heavy atom. The topological polar surface area (TPSA) is 62.2 Å². The molecule has 0 aromatic heterocycles. The van der Waals surface area contributed by atoms with Crippen molar-refractivity contribution in [3.05, 3.63) is 47.9 Å². The summed E-state index contributed by atoms with van der Waals surface area (Å²) < 4.78 is 5.77. The third-order valence-corrected chi connectivity index (χ3v) is 3.93. The number of nitrogens with zero attached hydrogens (tertiary/aromatic N) is 3. The van der Waals surface area contributed by atoms with Crippen molar-refractivity contribution in [3.63, 3.8) is 0 Å². The smallest absolute Gasteiger partial charge is 0.283 e. The highest BCUT2D eigenvalue weighted by Crippen LogP contribution is 2.37. The van der Waals surface area contributed by atoms with Crippen LogP contribution in [0.15, 0.2) is 53.0 Å². The predicted octanol–water partition coefficient (Wildman–Crippen LogP) is 2.68. The Kier molecular flexibility index (Phi) is 3.97. The fraction of sp³-hybridized carbons (Fsp3) is 0.278. The number of hydrogen-bond acceptors (Lipinski definition) is 5. The van der Waals surface area contributed by atoms with Gasteiger partial charge in [0.25, 0.3) is 11.8 Å². The molecule has 0 atom stereocenters. The minimum absolute atomic E-state index is 0.290. The largest absolute Gasteiger partial charge is 0.439 e. The molecular formula is C18H19N3O3. The Balaban J connectivity index is 1.85. The molecule has 0 radical (unpaired) electrons. The monoisotopic (exact) mass is 325 g/mol. The number of allylic oxidation sites excluding steroid dienone is 2. The molecule has 6 heteroatoms. The first-order valence-electron chi connectivity index (χ1n) is 7.76. The molecule has 1 aromatic carbocycles. The molecule has 3 rings (SSSR count). The van der Waals surface area contributed by atoms with Crippen LogP contribution in [-0.4, -0.2) is 29.6 Å². The number of imide groups is 1. The zero-order valence-corrected chi connectivity index (χ0v) is 14.1. The molecule has 2 aliphatic rings. The Labute approximate surface area is 140 Å². The van der Waals surface area contributed by atoms with Crippen LogP contribution < -0.4 is 9.64 Å². The van der Waals surface area contributed by atoms with Crippen molar-refractivity contribution < 1.29 is 14.3 Å². The summed E-state index contributed by atoms with van der Waals surface area (Å²) >= 11 is 0. The Bertz CT molecular complexity index is 805. The van der Waals surface area contributed by atoms with Gasteiger partial charge in [-0.15, -0.1) is 0 Å². The highest BCUT2D eigenvalue weighted by Gasteiger charge is 2.33. The molecular weight excluding hydrogens is 306 g/mol. The maximum Gasteiger partial charge on any atom is 0.283 e. The summed E-state index contributed by atoms with van der Waals surface area (Å²) in [6, 6.07) is 7.68. The minimum atomic E-state index is -0.402. The fourth-order valence-electron chi connectivity index (χ4n) is 2.52. The van der Waals surface area contributed by atoms with E-state index < -0.39 is 5.91 Å². The van der Waals surface area contributed by atoms with Crippen LogP contribution in [0.3, 0.4) is 0 Å². The highest BCUT2D eigenvalue weighted by molar-refractivity contribution is 6.27. The standard InChI is InChI=1S/C18H19N3O3/c1-11(2)17(22)21-18(23)13(12(3)19-21)9-10-16-20(4)14-7-5-6-8-15(14)24-16/h5-11H,1-4H3/b13-9+,16-10+. The first kappa shape index (κ1) is 16.0. The third-order valence-electron chi connectivity index (χ3n) is 3.93. The van der Waals surface area contributed by atoms with Crippen LogP contribution in [0.25, 0.3) is 0 Å². The van der Waals surface area contributed by atoms with Crippen molar-refractivity contribution in [3.8, 4) is 5.75 Å². The minimum Gasteiger partial charge on any atom is -0.439 e. The molecule has 2 amide bonds. The van der Waals surface area contributed by atoms with Crippen LogP contribution in [0.4, 0.5) is 5.69 Å². The van der Waals surface area contributed by atoms with Gasteiger partial charge in [-0.3, -0.25) is 9.59 Å². The van der Waals surface area contributed by atoms with Crippen LogP contribution in [0.2, 0.25) is 0 Å². The Hall–Kier alpha value is -2.89.